The second-order valence-electron chi connectivity index (χ2n) is 1.76. The van der Waals surface area contributed by atoms with Gasteiger partial charge in [-0.3, -0.25) is 9.59 Å². The molecule has 0 bridgehead atoms. The zero-order valence-corrected chi connectivity index (χ0v) is 8.11. The van der Waals surface area contributed by atoms with Gasteiger partial charge < -0.3 is 14.6 Å². The van der Waals surface area contributed by atoms with E-state index in [1.165, 1.54) is 0 Å². The molecule has 0 spiro atoms. The predicted octanol–water partition coefficient (Wildman–Crippen LogP) is -0.0251. The molecular weight excluding hydrogens is 216 g/mol. The Morgan fingerprint density at radius 2 is 1.93 bits per heavy atom. The molecule has 0 radical (unpaired) electrons. The standard InChI is InChI=1S/C4H5ClO3.C3H4O3/c1-2-8-4(7)3(5)6;4-2-1-3(5)6/h2H2,1H3;2H,1H2,(H,5,6). The minimum absolute atomic E-state index is 0.178. The van der Waals surface area contributed by atoms with Crippen LogP contribution < -0.4 is 0 Å². The van der Waals surface area contributed by atoms with Gasteiger partial charge in [-0.2, -0.15) is 0 Å². The number of ether oxygens (including phenoxy) is 1. The third-order valence-corrected chi connectivity index (χ3v) is 0.848. The maximum Gasteiger partial charge on any atom is 0.391 e. The molecule has 0 aliphatic rings. The summed E-state index contributed by atoms with van der Waals surface area (Å²) in [6, 6.07) is 0. The summed E-state index contributed by atoms with van der Waals surface area (Å²) >= 11 is 4.69. The fraction of sp³-hybridized carbons (Fsp3) is 0.429. The molecule has 0 atom stereocenters. The molecule has 0 saturated carbocycles. The zero-order valence-electron chi connectivity index (χ0n) is 7.36. The molecule has 0 aliphatic carbocycles. The van der Waals surface area contributed by atoms with Crippen LogP contribution in [0.2, 0.25) is 0 Å². The van der Waals surface area contributed by atoms with Gasteiger partial charge in [-0.15, -0.1) is 0 Å². The second-order valence-corrected chi connectivity index (χ2v) is 2.10. The quantitative estimate of drug-likeness (QED) is 0.237. The Morgan fingerprint density at radius 1 is 1.43 bits per heavy atom. The summed E-state index contributed by atoms with van der Waals surface area (Å²) in [5, 5.41) is 6.61. The summed E-state index contributed by atoms with van der Waals surface area (Å²) in [6.07, 6.45) is -0.0394. The molecule has 14 heavy (non-hydrogen) atoms. The maximum absolute atomic E-state index is 10.0. The molecular formula is C7H9ClO6. The van der Waals surface area contributed by atoms with Gasteiger partial charge in [0.2, 0.25) is 0 Å². The highest BCUT2D eigenvalue weighted by molar-refractivity contribution is 6.80. The minimum Gasteiger partial charge on any atom is -0.481 e. The van der Waals surface area contributed by atoms with Gasteiger partial charge in [0, 0.05) is 0 Å². The number of carboxylic acids is 1. The summed E-state index contributed by atoms with van der Waals surface area (Å²) < 4.78 is 4.18. The van der Waals surface area contributed by atoms with E-state index in [1.54, 1.807) is 6.92 Å². The van der Waals surface area contributed by atoms with Crippen LogP contribution >= 0.6 is 11.6 Å². The number of halogens is 1. The largest absolute Gasteiger partial charge is 0.481 e. The molecule has 0 amide bonds. The van der Waals surface area contributed by atoms with Crippen molar-refractivity contribution in [3.8, 4) is 0 Å². The third kappa shape index (κ3) is 13.2. The number of esters is 1. The Labute approximate surface area is 84.8 Å². The summed E-state index contributed by atoms with van der Waals surface area (Å²) in [5.74, 6) is -2.07. The van der Waals surface area contributed by atoms with Crippen LogP contribution in [0.25, 0.3) is 0 Å². The van der Waals surface area contributed by atoms with Gasteiger partial charge in [0.15, 0.2) is 0 Å². The predicted molar refractivity (Wildman–Crippen MR) is 45.8 cm³/mol. The van der Waals surface area contributed by atoms with Crippen molar-refractivity contribution < 1.29 is 29.0 Å². The topological polar surface area (TPSA) is 97.7 Å². The van der Waals surface area contributed by atoms with Gasteiger partial charge in [0.05, 0.1) is 6.61 Å². The van der Waals surface area contributed by atoms with Gasteiger partial charge in [-0.1, -0.05) is 0 Å². The SMILES string of the molecule is CCOC(=O)C(=O)Cl.O=CCC(=O)O. The highest BCUT2D eigenvalue weighted by atomic mass is 35.5. The lowest BCUT2D eigenvalue weighted by atomic mass is 10.5. The van der Waals surface area contributed by atoms with Crippen LogP contribution in [0, 0.1) is 0 Å². The highest BCUT2D eigenvalue weighted by Crippen LogP contribution is 1.83. The number of carbonyl (C=O) groups excluding carboxylic acids is 3. The van der Waals surface area contributed by atoms with E-state index >= 15 is 0 Å². The van der Waals surface area contributed by atoms with Gasteiger partial charge in [-0.25, -0.2) is 4.79 Å². The van der Waals surface area contributed by atoms with E-state index in [0.29, 0.717) is 6.29 Å². The van der Waals surface area contributed by atoms with Crippen molar-refractivity contribution in [1.29, 1.82) is 0 Å². The fourth-order valence-electron chi connectivity index (χ4n) is 0.259. The van der Waals surface area contributed by atoms with E-state index in [0.717, 1.165) is 0 Å². The van der Waals surface area contributed by atoms with Crippen molar-refractivity contribution in [3.63, 3.8) is 0 Å². The lowest BCUT2D eigenvalue weighted by molar-refractivity contribution is -0.149. The first kappa shape index (κ1) is 15.1. The summed E-state index contributed by atoms with van der Waals surface area (Å²) in [7, 11) is 0. The van der Waals surface area contributed by atoms with Crippen molar-refractivity contribution in [2.24, 2.45) is 0 Å². The number of carbonyl (C=O) groups is 4. The average molecular weight is 225 g/mol. The molecule has 0 aromatic carbocycles. The van der Waals surface area contributed by atoms with Gasteiger partial charge in [-0.05, 0) is 18.5 Å². The molecule has 0 saturated heterocycles. The van der Waals surface area contributed by atoms with Crippen molar-refractivity contribution in [1.82, 2.24) is 0 Å². The highest BCUT2D eigenvalue weighted by Gasteiger charge is 2.08. The number of hydrogen-bond donors (Lipinski definition) is 1. The number of hydrogen-bond acceptors (Lipinski definition) is 5. The number of rotatable bonds is 4. The second kappa shape index (κ2) is 9.66. The Bertz CT molecular complexity index is 224. The summed E-state index contributed by atoms with van der Waals surface area (Å²) in [6.45, 7) is 1.77. The van der Waals surface area contributed by atoms with E-state index in [2.05, 4.69) is 4.74 Å². The van der Waals surface area contributed by atoms with Crippen molar-refractivity contribution in [3.05, 3.63) is 0 Å². The van der Waals surface area contributed by atoms with Crippen LogP contribution in [-0.2, 0) is 23.9 Å². The van der Waals surface area contributed by atoms with E-state index in [4.69, 9.17) is 16.7 Å². The van der Waals surface area contributed by atoms with Gasteiger partial charge in [0.25, 0.3) is 0 Å². The average Bonchev–Trinajstić information content (AvgIpc) is 2.05. The number of aldehydes is 1. The molecule has 0 unspecified atom stereocenters. The molecule has 0 aromatic rings. The van der Waals surface area contributed by atoms with Crippen LogP contribution in [0.3, 0.4) is 0 Å². The van der Waals surface area contributed by atoms with Crippen molar-refractivity contribution >= 4 is 35.1 Å². The molecule has 1 N–H and O–H groups in total. The smallest absolute Gasteiger partial charge is 0.391 e. The van der Waals surface area contributed by atoms with Crippen molar-refractivity contribution in [2.45, 2.75) is 13.3 Å². The number of aliphatic carboxylic acids is 1. The summed E-state index contributed by atoms with van der Waals surface area (Å²) in [5.41, 5.74) is 0. The Hall–Kier alpha value is -1.43. The molecule has 7 heteroatoms. The van der Waals surface area contributed by atoms with Crippen LogP contribution in [0.15, 0.2) is 0 Å². The maximum atomic E-state index is 10.0. The lowest BCUT2D eigenvalue weighted by Crippen LogP contribution is -2.10. The van der Waals surface area contributed by atoms with Crippen LogP contribution in [-0.4, -0.2) is 35.2 Å². The van der Waals surface area contributed by atoms with Crippen LogP contribution in [0.4, 0.5) is 0 Å². The third-order valence-electron chi connectivity index (χ3n) is 0.694. The number of carboxylic acid groups (broad SMARTS) is 1. The first-order valence-electron chi connectivity index (χ1n) is 3.47. The minimum atomic E-state index is -1.08. The first-order chi connectivity index (χ1) is 6.45. The van der Waals surface area contributed by atoms with E-state index < -0.39 is 17.2 Å². The summed E-state index contributed by atoms with van der Waals surface area (Å²) in [4.78, 5) is 38.5. The fourth-order valence-corrected chi connectivity index (χ4v) is 0.314. The van der Waals surface area contributed by atoms with Crippen molar-refractivity contribution in [2.75, 3.05) is 6.61 Å². The molecule has 0 heterocycles. The Morgan fingerprint density at radius 3 is 2.00 bits per heavy atom. The van der Waals surface area contributed by atoms with E-state index in [-0.39, 0.29) is 13.0 Å². The molecule has 0 fully saturated rings. The van der Waals surface area contributed by atoms with E-state index in [1.807, 2.05) is 0 Å². The molecule has 6 nitrogen and oxygen atoms in total. The molecule has 0 aromatic heterocycles. The van der Waals surface area contributed by atoms with E-state index in [9.17, 15) is 19.2 Å². The molecule has 0 rings (SSSR count). The van der Waals surface area contributed by atoms with Gasteiger partial charge in [0.1, 0.15) is 12.7 Å². The normalized spacial score (nSPS) is 7.86. The van der Waals surface area contributed by atoms with Crippen LogP contribution in [0.1, 0.15) is 13.3 Å². The van der Waals surface area contributed by atoms with Crippen LogP contribution in [0.5, 0.6) is 0 Å². The Balaban J connectivity index is 0. The first-order valence-corrected chi connectivity index (χ1v) is 3.85. The molecule has 80 valence electrons. The monoisotopic (exact) mass is 224 g/mol. The molecule has 0 aliphatic heterocycles. The Kier molecular flexibility index (Phi) is 10.4. The zero-order chi connectivity index (χ0) is 11.6. The lowest BCUT2D eigenvalue weighted by Gasteiger charge is -1.91. The van der Waals surface area contributed by atoms with Gasteiger partial charge >= 0.3 is 17.2 Å².